The SMILES string of the molecule is CC(C)CNS(=O)(=O)NC(C)c1ccc(N)cc1. The predicted octanol–water partition coefficient (Wildman–Crippen LogP) is 1.41. The van der Waals surface area contributed by atoms with Gasteiger partial charge in [0.05, 0.1) is 0 Å². The Morgan fingerprint density at radius 1 is 1.17 bits per heavy atom. The highest BCUT2D eigenvalue weighted by Crippen LogP contribution is 2.14. The molecule has 1 atom stereocenters. The molecule has 0 aliphatic carbocycles. The highest BCUT2D eigenvalue weighted by atomic mass is 32.2. The summed E-state index contributed by atoms with van der Waals surface area (Å²) in [7, 11) is -3.47. The first-order valence-electron chi connectivity index (χ1n) is 5.92. The highest BCUT2D eigenvalue weighted by Gasteiger charge is 2.15. The van der Waals surface area contributed by atoms with Gasteiger partial charge in [0.25, 0.3) is 10.2 Å². The number of nitrogens with two attached hydrogens (primary N) is 1. The molecule has 1 aromatic rings. The molecule has 5 nitrogen and oxygen atoms in total. The predicted molar refractivity (Wildman–Crippen MR) is 74.2 cm³/mol. The number of nitrogens with one attached hydrogen (secondary N) is 2. The lowest BCUT2D eigenvalue weighted by Crippen LogP contribution is -2.39. The number of benzene rings is 1. The quantitative estimate of drug-likeness (QED) is 0.684. The highest BCUT2D eigenvalue weighted by molar-refractivity contribution is 7.87. The Morgan fingerprint density at radius 3 is 2.22 bits per heavy atom. The zero-order chi connectivity index (χ0) is 13.8. The van der Waals surface area contributed by atoms with E-state index in [1.54, 1.807) is 19.1 Å². The fourth-order valence-electron chi connectivity index (χ4n) is 1.40. The molecule has 0 amide bonds. The van der Waals surface area contributed by atoms with Crippen LogP contribution in [-0.2, 0) is 10.2 Å². The van der Waals surface area contributed by atoms with E-state index in [9.17, 15) is 8.42 Å². The van der Waals surface area contributed by atoms with Crippen molar-refractivity contribution in [3.63, 3.8) is 0 Å². The lowest BCUT2D eigenvalue weighted by molar-refractivity contribution is 0.536. The molecule has 0 spiro atoms. The molecule has 0 radical (unpaired) electrons. The van der Waals surface area contributed by atoms with Crippen LogP contribution < -0.4 is 15.2 Å². The Morgan fingerprint density at radius 2 is 1.72 bits per heavy atom. The molecule has 0 saturated heterocycles. The van der Waals surface area contributed by atoms with E-state index in [2.05, 4.69) is 9.44 Å². The van der Waals surface area contributed by atoms with Crippen LogP contribution in [0.4, 0.5) is 5.69 Å². The third-order valence-corrected chi connectivity index (χ3v) is 3.66. The van der Waals surface area contributed by atoms with Crippen LogP contribution >= 0.6 is 0 Å². The van der Waals surface area contributed by atoms with Gasteiger partial charge in [0.1, 0.15) is 0 Å². The van der Waals surface area contributed by atoms with Crippen LogP contribution in [0.15, 0.2) is 24.3 Å². The second-order valence-electron chi connectivity index (χ2n) is 4.75. The van der Waals surface area contributed by atoms with Gasteiger partial charge in [-0.2, -0.15) is 13.1 Å². The van der Waals surface area contributed by atoms with Crippen LogP contribution in [0.5, 0.6) is 0 Å². The third-order valence-electron chi connectivity index (χ3n) is 2.45. The van der Waals surface area contributed by atoms with Crippen molar-refractivity contribution >= 4 is 15.9 Å². The summed E-state index contributed by atoms with van der Waals surface area (Å²) in [4.78, 5) is 0. The van der Waals surface area contributed by atoms with Crippen molar-refractivity contribution in [2.45, 2.75) is 26.8 Å². The minimum atomic E-state index is -3.47. The van der Waals surface area contributed by atoms with Gasteiger partial charge in [-0.15, -0.1) is 0 Å². The molecule has 18 heavy (non-hydrogen) atoms. The molecule has 6 heteroatoms. The van der Waals surface area contributed by atoms with E-state index in [0.717, 1.165) is 5.56 Å². The fourth-order valence-corrected chi connectivity index (χ4v) is 2.64. The van der Waals surface area contributed by atoms with E-state index >= 15 is 0 Å². The van der Waals surface area contributed by atoms with Gasteiger partial charge in [0.15, 0.2) is 0 Å². The van der Waals surface area contributed by atoms with Crippen molar-refractivity contribution in [2.75, 3.05) is 12.3 Å². The molecule has 0 fully saturated rings. The zero-order valence-electron chi connectivity index (χ0n) is 11.0. The summed E-state index contributed by atoms with van der Waals surface area (Å²) >= 11 is 0. The van der Waals surface area contributed by atoms with Gasteiger partial charge in [-0.3, -0.25) is 0 Å². The lowest BCUT2D eigenvalue weighted by Gasteiger charge is -2.16. The molecule has 0 saturated carbocycles. The average Bonchev–Trinajstić information content (AvgIpc) is 2.27. The number of rotatable bonds is 6. The lowest BCUT2D eigenvalue weighted by atomic mass is 10.1. The Balaban J connectivity index is 2.63. The van der Waals surface area contributed by atoms with Crippen molar-refractivity contribution in [3.8, 4) is 0 Å². The average molecular weight is 271 g/mol. The summed E-state index contributed by atoms with van der Waals surface area (Å²) in [6, 6.07) is 6.83. The molecule has 4 N–H and O–H groups in total. The maximum absolute atomic E-state index is 11.7. The Hall–Kier alpha value is -1.11. The maximum atomic E-state index is 11.7. The summed E-state index contributed by atoms with van der Waals surface area (Å²) in [6.07, 6.45) is 0. The summed E-state index contributed by atoms with van der Waals surface area (Å²) in [6.45, 7) is 6.11. The molecule has 1 rings (SSSR count). The van der Waals surface area contributed by atoms with E-state index in [1.165, 1.54) is 0 Å². The van der Waals surface area contributed by atoms with Crippen molar-refractivity contribution in [1.29, 1.82) is 0 Å². The zero-order valence-corrected chi connectivity index (χ0v) is 11.8. The Labute approximate surface area is 109 Å². The van der Waals surface area contributed by atoms with Crippen LogP contribution in [0, 0.1) is 5.92 Å². The monoisotopic (exact) mass is 271 g/mol. The van der Waals surface area contributed by atoms with Crippen LogP contribution in [0.25, 0.3) is 0 Å². The van der Waals surface area contributed by atoms with Crippen molar-refractivity contribution in [3.05, 3.63) is 29.8 Å². The van der Waals surface area contributed by atoms with Gasteiger partial charge < -0.3 is 5.73 Å². The van der Waals surface area contributed by atoms with Gasteiger partial charge in [0.2, 0.25) is 0 Å². The summed E-state index contributed by atoms with van der Waals surface area (Å²) in [5, 5.41) is 0. The van der Waals surface area contributed by atoms with E-state index in [0.29, 0.717) is 12.2 Å². The van der Waals surface area contributed by atoms with E-state index < -0.39 is 10.2 Å². The molecule has 1 unspecified atom stereocenters. The molecule has 0 bridgehead atoms. The number of anilines is 1. The van der Waals surface area contributed by atoms with Crippen LogP contribution in [0.2, 0.25) is 0 Å². The van der Waals surface area contributed by atoms with Gasteiger partial charge in [-0.1, -0.05) is 26.0 Å². The Bertz CT molecular complexity index is 469. The molecule has 0 heterocycles. The first kappa shape index (κ1) is 14.9. The minimum Gasteiger partial charge on any atom is -0.399 e. The molecular formula is C12H21N3O2S. The van der Waals surface area contributed by atoms with Crippen molar-refractivity contribution < 1.29 is 8.42 Å². The van der Waals surface area contributed by atoms with Crippen LogP contribution in [0.1, 0.15) is 32.4 Å². The molecule has 1 aromatic carbocycles. The van der Waals surface area contributed by atoms with E-state index in [1.807, 2.05) is 26.0 Å². The molecule has 0 aliphatic heterocycles. The van der Waals surface area contributed by atoms with Gasteiger partial charge in [-0.05, 0) is 30.5 Å². The van der Waals surface area contributed by atoms with E-state index in [4.69, 9.17) is 5.73 Å². The number of nitrogen functional groups attached to an aromatic ring is 1. The number of hydrogen-bond acceptors (Lipinski definition) is 3. The summed E-state index contributed by atoms with van der Waals surface area (Å²) in [5.74, 6) is 0.272. The van der Waals surface area contributed by atoms with Gasteiger partial charge >= 0.3 is 0 Å². The van der Waals surface area contributed by atoms with Crippen LogP contribution in [0.3, 0.4) is 0 Å². The van der Waals surface area contributed by atoms with Crippen LogP contribution in [-0.4, -0.2) is 15.0 Å². The summed E-state index contributed by atoms with van der Waals surface area (Å²) < 4.78 is 28.6. The second-order valence-corrected chi connectivity index (χ2v) is 6.28. The maximum Gasteiger partial charge on any atom is 0.277 e. The molecular weight excluding hydrogens is 250 g/mol. The molecule has 0 aliphatic rings. The topological polar surface area (TPSA) is 84.2 Å². The third kappa shape index (κ3) is 5.03. The van der Waals surface area contributed by atoms with Crippen molar-refractivity contribution in [2.24, 2.45) is 5.92 Å². The first-order chi connectivity index (χ1) is 8.30. The van der Waals surface area contributed by atoms with Gasteiger partial charge in [-0.25, -0.2) is 4.72 Å². The first-order valence-corrected chi connectivity index (χ1v) is 7.41. The second kappa shape index (κ2) is 6.17. The standard InChI is InChI=1S/C12H21N3O2S/c1-9(2)8-14-18(16,17)15-10(3)11-4-6-12(13)7-5-11/h4-7,9-10,14-15H,8,13H2,1-3H3. The van der Waals surface area contributed by atoms with E-state index in [-0.39, 0.29) is 12.0 Å². The van der Waals surface area contributed by atoms with Crippen molar-refractivity contribution in [1.82, 2.24) is 9.44 Å². The summed E-state index contributed by atoms with van der Waals surface area (Å²) in [5.41, 5.74) is 7.12. The molecule has 102 valence electrons. The normalized spacial score (nSPS) is 13.8. The van der Waals surface area contributed by atoms with Gasteiger partial charge in [0, 0.05) is 18.3 Å². The smallest absolute Gasteiger partial charge is 0.277 e. The minimum absolute atomic E-state index is 0.272. The fraction of sp³-hybridized carbons (Fsp3) is 0.500. The Kier molecular flexibility index (Phi) is 5.13. The number of hydrogen-bond donors (Lipinski definition) is 3. The largest absolute Gasteiger partial charge is 0.399 e. The molecule has 0 aromatic heterocycles.